The van der Waals surface area contributed by atoms with Gasteiger partial charge in [0, 0.05) is 37.5 Å². The first-order chi connectivity index (χ1) is 14.7. The molecule has 3 rings (SSSR count). The van der Waals surface area contributed by atoms with Crippen molar-refractivity contribution >= 4 is 17.5 Å². The number of hydrogen-bond donors (Lipinski definition) is 0. The van der Waals surface area contributed by atoms with Gasteiger partial charge in [0.25, 0.3) is 5.91 Å². The Morgan fingerprint density at radius 2 is 1.97 bits per heavy atom. The second-order valence-electron chi connectivity index (χ2n) is 7.77. The van der Waals surface area contributed by atoms with Gasteiger partial charge in [-0.1, -0.05) is 12.1 Å². The molecule has 164 valence electrons. The molecule has 1 aromatic carbocycles. The Balaban J connectivity index is 1.57. The van der Waals surface area contributed by atoms with Crippen molar-refractivity contribution in [2.24, 2.45) is 0 Å². The second-order valence-corrected chi connectivity index (χ2v) is 7.77. The number of benzene rings is 1. The van der Waals surface area contributed by atoms with Crippen LogP contribution in [0.4, 0.5) is 4.39 Å². The number of carbonyl (C=O) groups excluding carboxylic acids is 2. The topological polar surface area (TPSA) is 76.8 Å². The summed E-state index contributed by atoms with van der Waals surface area (Å²) in [5, 5.41) is 4.44. The predicted molar refractivity (Wildman–Crippen MR) is 114 cm³/mol. The highest BCUT2D eigenvalue weighted by Gasteiger charge is 2.22. The van der Waals surface area contributed by atoms with Crippen molar-refractivity contribution in [1.29, 1.82) is 0 Å². The first-order valence-corrected chi connectivity index (χ1v) is 10.2. The minimum absolute atomic E-state index is 0.125. The van der Waals surface area contributed by atoms with Gasteiger partial charge in [0.05, 0.1) is 5.69 Å². The van der Waals surface area contributed by atoms with Crippen molar-refractivity contribution in [3.63, 3.8) is 0 Å². The highest BCUT2D eigenvalue weighted by molar-refractivity contribution is 5.83. The molecule has 31 heavy (non-hydrogen) atoms. The van der Waals surface area contributed by atoms with E-state index in [1.807, 2.05) is 26.8 Å². The average Bonchev–Trinajstić information content (AvgIpc) is 3.07. The summed E-state index contributed by atoms with van der Waals surface area (Å²) >= 11 is 0. The highest BCUT2D eigenvalue weighted by atomic mass is 19.1. The summed E-state index contributed by atoms with van der Waals surface area (Å²) in [6.07, 6.45) is -0.360. The van der Waals surface area contributed by atoms with Crippen molar-refractivity contribution in [2.75, 3.05) is 7.05 Å². The van der Waals surface area contributed by atoms with Crippen LogP contribution in [0.2, 0.25) is 0 Å². The van der Waals surface area contributed by atoms with Gasteiger partial charge in [0.1, 0.15) is 5.82 Å². The van der Waals surface area contributed by atoms with E-state index in [4.69, 9.17) is 4.74 Å². The number of likely N-dealkylation sites (N-methyl/N-ethyl adjacent to an activating group) is 1. The number of nitrogens with zero attached hydrogens (tertiary/aromatic N) is 4. The van der Waals surface area contributed by atoms with E-state index in [0.717, 1.165) is 28.3 Å². The molecule has 1 atom stereocenters. The van der Waals surface area contributed by atoms with Gasteiger partial charge < -0.3 is 9.64 Å². The van der Waals surface area contributed by atoms with Crippen LogP contribution >= 0.6 is 0 Å². The van der Waals surface area contributed by atoms with Gasteiger partial charge in [0.2, 0.25) is 0 Å². The number of ether oxygens (including phenoxy) is 1. The lowest BCUT2D eigenvalue weighted by molar-refractivity contribution is -0.158. The van der Waals surface area contributed by atoms with Crippen LogP contribution in [0.15, 0.2) is 30.3 Å². The minimum Gasteiger partial charge on any atom is -0.453 e. The summed E-state index contributed by atoms with van der Waals surface area (Å²) in [6.45, 7) is 7.53. The molecule has 7 nitrogen and oxygen atoms in total. The van der Waals surface area contributed by atoms with Crippen molar-refractivity contribution in [1.82, 2.24) is 19.5 Å². The maximum atomic E-state index is 13.3. The standard InChI is InChI=1S/C23H27FN4O3/c1-14-11-21-25-15(2)20(16(3)28(21)26-14)9-10-22(29)31-17(4)23(30)27(5)13-18-7-6-8-19(24)12-18/h6-8,11-12,17H,9-10,13H2,1-5H3. The van der Waals surface area contributed by atoms with Crippen LogP contribution in [0.3, 0.4) is 0 Å². The number of aromatic nitrogens is 3. The zero-order chi connectivity index (χ0) is 22.7. The van der Waals surface area contributed by atoms with Crippen LogP contribution < -0.4 is 0 Å². The quantitative estimate of drug-likeness (QED) is 0.542. The van der Waals surface area contributed by atoms with Gasteiger partial charge in [0.15, 0.2) is 11.8 Å². The molecule has 2 aromatic heterocycles. The van der Waals surface area contributed by atoms with Crippen LogP contribution in [0, 0.1) is 26.6 Å². The summed E-state index contributed by atoms with van der Waals surface area (Å²) < 4.78 is 20.5. The largest absolute Gasteiger partial charge is 0.453 e. The van der Waals surface area contributed by atoms with Gasteiger partial charge in [-0.15, -0.1) is 0 Å². The van der Waals surface area contributed by atoms with Crippen molar-refractivity contribution < 1.29 is 18.7 Å². The summed E-state index contributed by atoms with van der Waals surface area (Å²) in [5.74, 6) is -1.17. The van der Waals surface area contributed by atoms with Crippen LogP contribution in [0.5, 0.6) is 0 Å². The molecule has 8 heteroatoms. The third-order valence-electron chi connectivity index (χ3n) is 5.21. The Morgan fingerprint density at radius 3 is 2.68 bits per heavy atom. The Hall–Kier alpha value is -3.29. The maximum absolute atomic E-state index is 13.3. The fourth-order valence-electron chi connectivity index (χ4n) is 3.63. The van der Waals surface area contributed by atoms with Crippen molar-refractivity contribution in [2.45, 2.75) is 53.2 Å². The van der Waals surface area contributed by atoms with Crippen LogP contribution in [-0.4, -0.2) is 44.5 Å². The van der Waals surface area contributed by atoms with E-state index in [9.17, 15) is 14.0 Å². The third kappa shape index (κ3) is 5.25. The lowest BCUT2D eigenvalue weighted by atomic mass is 10.1. The average molecular weight is 426 g/mol. The molecule has 0 aliphatic carbocycles. The molecule has 0 bridgehead atoms. The SMILES string of the molecule is Cc1cc2nc(C)c(CCC(=O)OC(C)C(=O)N(C)Cc3cccc(F)c3)c(C)n2n1. The first-order valence-electron chi connectivity index (χ1n) is 10.2. The molecule has 1 unspecified atom stereocenters. The van der Waals surface area contributed by atoms with Gasteiger partial charge in [-0.2, -0.15) is 5.10 Å². The molecular formula is C23H27FN4O3. The van der Waals surface area contributed by atoms with Crippen LogP contribution in [0.25, 0.3) is 5.65 Å². The number of carbonyl (C=O) groups is 2. The zero-order valence-corrected chi connectivity index (χ0v) is 18.5. The fourth-order valence-corrected chi connectivity index (χ4v) is 3.63. The molecule has 0 saturated heterocycles. The Kier molecular flexibility index (Phi) is 6.68. The van der Waals surface area contributed by atoms with E-state index in [2.05, 4.69) is 10.1 Å². The zero-order valence-electron chi connectivity index (χ0n) is 18.5. The normalized spacial score (nSPS) is 12.1. The number of hydrogen-bond acceptors (Lipinski definition) is 5. The molecule has 0 N–H and O–H groups in total. The number of halogens is 1. The summed E-state index contributed by atoms with van der Waals surface area (Å²) in [7, 11) is 1.59. The molecule has 0 aliphatic heterocycles. The molecular weight excluding hydrogens is 399 g/mol. The first kappa shape index (κ1) is 22.4. The molecule has 0 fully saturated rings. The minimum atomic E-state index is -0.928. The van der Waals surface area contributed by atoms with Crippen molar-refractivity contribution in [3.05, 3.63) is 64.4 Å². The Bertz CT molecular complexity index is 1130. The Morgan fingerprint density at radius 1 is 1.23 bits per heavy atom. The van der Waals surface area contributed by atoms with Gasteiger partial charge in [-0.05, 0) is 57.4 Å². The maximum Gasteiger partial charge on any atom is 0.306 e. The molecule has 0 spiro atoms. The van der Waals surface area contributed by atoms with E-state index in [1.165, 1.54) is 17.0 Å². The monoisotopic (exact) mass is 426 g/mol. The lowest BCUT2D eigenvalue weighted by Gasteiger charge is -2.21. The van der Waals surface area contributed by atoms with E-state index >= 15 is 0 Å². The number of aryl methyl sites for hydroxylation is 3. The van der Waals surface area contributed by atoms with Gasteiger partial charge in [-0.3, -0.25) is 9.59 Å². The number of fused-ring (bicyclic) bond motifs is 1. The predicted octanol–water partition coefficient (Wildman–Crippen LogP) is 3.32. The molecule has 0 radical (unpaired) electrons. The van der Waals surface area contributed by atoms with E-state index in [-0.39, 0.29) is 24.7 Å². The number of esters is 1. The number of rotatable bonds is 7. The van der Waals surface area contributed by atoms with Crippen LogP contribution in [-0.2, 0) is 27.3 Å². The lowest BCUT2D eigenvalue weighted by Crippen LogP contribution is -2.37. The second kappa shape index (κ2) is 9.24. The third-order valence-corrected chi connectivity index (χ3v) is 5.21. The highest BCUT2D eigenvalue weighted by Crippen LogP contribution is 2.17. The summed E-state index contributed by atoms with van der Waals surface area (Å²) in [4.78, 5) is 30.9. The summed E-state index contributed by atoms with van der Waals surface area (Å²) in [5.41, 5.74) is 5.03. The molecule has 0 aliphatic rings. The van der Waals surface area contributed by atoms with Gasteiger partial charge >= 0.3 is 5.97 Å². The van der Waals surface area contributed by atoms with Crippen molar-refractivity contribution in [3.8, 4) is 0 Å². The number of amides is 1. The van der Waals surface area contributed by atoms with E-state index in [1.54, 1.807) is 30.6 Å². The Labute approximate surface area is 180 Å². The van der Waals surface area contributed by atoms with E-state index < -0.39 is 12.1 Å². The van der Waals surface area contributed by atoms with Crippen LogP contribution in [0.1, 0.15) is 41.6 Å². The molecule has 2 heterocycles. The molecule has 1 amide bonds. The van der Waals surface area contributed by atoms with Gasteiger partial charge in [-0.25, -0.2) is 13.9 Å². The molecule has 3 aromatic rings. The molecule has 0 saturated carbocycles. The summed E-state index contributed by atoms with van der Waals surface area (Å²) in [6, 6.07) is 7.95. The smallest absolute Gasteiger partial charge is 0.306 e. The van der Waals surface area contributed by atoms with E-state index in [0.29, 0.717) is 12.0 Å². The fraction of sp³-hybridized carbons (Fsp3) is 0.391.